The number of morpholine rings is 1. The molecule has 1 atom stereocenters. The Morgan fingerprint density at radius 2 is 1.79 bits per heavy atom. The predicted octanol–water partition coefficient (Wildman–Crippen LogP) is 3.00. The summed E-state index contributed by atoms with van der Waals surface area (Å²) in [7, 11) is 0. The van der Waals surface area contributed by atoms with Gasteiger partial charge in [0.1, 0.15) is 0 Å². The lowest BCUT2D eigenvalue weighted by atomic mass is 9.95. The quantitative estimate of drug-likeness (QED) is 0.632. The lowest BCUT2D eigenvalue weighted by molar-refractivity contribution is -0.116. The number of hydrogen-bond acceptors (Lipinski definition) is 5. The lowest BCUT2D eigenvalue weighted by Gasteiger charge is -2.43. The SMILES string of the molecule is CC(C)CC(=O)Nc1ccc(NC(=O)NCC2(N3CCOCC3)CCSC2)cc1. The monoisotopic (exact) mass is 420 g/mol. The third kappa shape index (κ3) is 6.35. The molecule has 0 radical (unpaired) electrons. The van der Waals surface area contributed by atoms with Crippen molar-refractivity contribution >= 4 is 35.1 Å². The largest absolute Gasteiger partial charge is 0.379 e. The molecule has 3 N–H and O–H groups in total. The number of thioether (sulfide) groups is 1. The van der Waals surface area contributed by atoms with E-state index in [0.717, 1.165) is 49.9 Å². The van der Waals surface area contributed by atoms with Crippen LogP contribution in [0.5, 0.6) is 0 Å². The van der Waals surface area contributed by atoms with E-state index in [2.05, 4.69) is 20.9 Å². The molecule has 0 bridgehead atoms. The Morgan fingerprint density at radius 3 is 2.38 bits per heavy atom. The number of amides is 3. The third-order valence-electron chi connectivity index (χ3n) is 5.36. The summed E-state index contributed by atoms with van der Waals surface area (Å²) in [5.41, 5.74) is 1.46. The number of urea groups is 1. The predicted molar refractivity (Wildman–Crippen MR) is 119 cm³/mol. The normalized spacial score (nSPS) is 22.4. The highest BCUT2D eigenvalue weighted by molar-refractivity contribution is 7.99. The number of nitrogens with one attached hydrogen (secondary N) is 3. The molecule has 160 valence electrons. The van der Waals surface area contributed by atoms with E-state index in [1.807, 2.05) is 25.6 Å². The minimum Gasteiger partial charge on any atom is -0.379 e. The van der Waals surface area contributed by atoms with Gasteiger partial charge >= 0.3 is 6.03 Å². The molecule has 2 aliphatic rings. The molecular weight excluding hydrogens is 388 g/mol. The van der Waals surface area contributed by atoms with Crippen LogP contribution in [0.3, 0.4) is 0 Å². The Hall–Kier alpha value is -1.77. The molecule has 2 aliphatic heterocycles. The van der Waals surface area contributed by atoms with Crippen LogP contribution < -0.4 is 16.0 Å². The zero-order valence-corrected chi connectivity index (χ0v) is 18.1. The second-order valence-electron chi connectivity index (χ2n) is 8.16. The maximum Gasteiger partial charge on any atom is 0.319 e. The van der Waals surface area contributed by atoms with Crippen molar-refractivity contribution in [2.75, 3.05) is 55.0 Å². The maximum absolute atomic E-state index is 12.4. The molecule has 3 rings (SSSR count). The summed E-state index contributed by atoms with van der Waals surface area (Å²) >= 11 is 1.95. The van der Waals surface area contributed by atoms with Crippen LogP contribution in [-0.4, -0.2) is 66.7 Å². The molecule has 0 spiro atoms. The molecule has 2 fully saturated rings. The van der Waals surface area contributed by atoms with Gasteiger partial charge in [0.25, 0.3) is 0 Å². The van der Waals surface area contributed by atoms with Gasteiger partial charge in [0.2, 0.25) is 5.91 Å². The van der Waals surface area contributed by atoms with Gasteiger partial charge in [-0.05, 0) is 42.4 Å². The molecular formula is C21H32N4O3S. The van der Waals surface area contributed by atoms with Gasteiger partial charge in [0.15, 0.2) is 0 Å². The summed E-state index contributed by atoms with van der Waals surface area (Å²) in [5.74, 6) is 2.49. The first-order valence-corrected chi connectivity index (χ1v) is 11.5. The van der Waals surface area contributed by atoms with Crippen molar-refractivity contribution in [1.82, 2.24) is 10.2 Å². The lowest BCUT2D eigenvalue weighted by Crippen LogP contribution is -2.59. The van der Waals surface area contributed by atoms with Crippen LogP contribution in [0, 0.1) is 5.92 Å². The van der Waals surface area contributed by atoms with Crippen LogP contribution in [0.4, 0.5) is 16.2 Å². The fourth-order valence-corrected chi connectivity index (χ4v) is 5.25. The summed E-state index contributed by atoms with van der Waals surface area (Å²) in [6.07, 6.45) is 1.58. The molecule has 0 aliphatic carbocycles. The number of ether oxygens (including phenoxy) is 1. The van der Waals surface area contributed by atoms with E-state index in [1.165, 1.54) is 0 Å². The van der Waals surface area contributed by atoms with Gasteiger partial charge in [-0.3, -0.25) is 9.69 Å². The molecule has 1 unspecified atom stereocenters. The van der Waals surface area contributed by atoms with Gasteiger partial charge < -0.3 is 20.7 Å². The van der Waals surface area contributed by atoms with Crippen LogP contribution in [0.25, 0.3) is 0 Å². The molecule has 1 aromatic carbocycles. The molecule has 0 saturated carbocycles. The van der Waals surface area contributed by atoms with Crippen molar-refractivity contribution in [2.45, 2.75) is 32.2 Å². The number of carbonyl (C=O) groups is 2. The highest BCUT2D eigenvalue weighted by Gasteiger charge is 2.40. The molecule has 2 saturated heterocycles. The van der Waals surface area contributed by atoms with E-state index >= 15 is 0 Å². The van der Waals surface area contributed by atoms with E-state index in [4.69, 9.17) is 4.74 Å². The van der Waals surface area contributed by atoms with Crippen LogP contribution in [0.15, 0.2) is 24.3 Å². The van der Waals surface area contributed by atoms with Crippen LogP contribution in [0.1, 0.15) is 26.7 Å². The first-order valence-electron chi connectivity index (χ1n) is 10.3. The summed E-state index contributed by atoms with van der Waals surface area (Å²) in [4.78, 5) is 26.8. The minimum atomic E-state index is -0.203. The zero-order valence-electron chi connectivity index (χ0n) is 17.3. The van der Waals surface area contributed by atoms with Crippen LogP contribution in [0.2, 0.25) is 0 Å². The first-order chi connectivity index (χ1) is 14.0. The second-order valence-corrected chi connectivity index (χ2v) is 9.26. The van der Waals surface area contributed by atoms with Crippen molar-refractivity contribution in [1.29, 1.82) is 0 Å². The van der Waals surface area contributed by atoms with Gasteiger partial charge in [0.05, 0.1) is 13.2 Å². The van der Waals surface area contributed by atoms with Crippen LogP contribution in [-0.2, 0) is 9.53 Å². The highest BCUT2D eigenvalue weighted by atomic mass is 32.2. The molecule has 7 nitrogen and oxygen atoms in total. The zero-order chi connectivity index (χ0) is 20.7. The standard InChI is InChI=1S/C21H32N4O3S/c1-16(2)13-19(26)23-17-3-5-18(6-4-17)24-20(27)22-14-21(7-12-29-15-21)25-8-10-28-11-9-25/h3-6,16H,7-15H2,1-2H3,(H,23,26)(H2,22,24,27). The maximum atomic E-state index is 12.4. The third-order valence-corrected chi connectivity index (χ3v) is 6.60. The number of benzene rings is 1. The van der Waals surface area contributed by atoms with Crippen molar-refractivity contribution in [3.05, 3.63) is 24.3 Å². The molecule has 8 heteroatoms. The van der Waals surface area contributed by atoms with E-state index in [-0.39, 0.29) is 17.5 Å². The fourth-order valence-electron chi connectivity index (χ4n) is 3.77. The second kappa shape index (κ2) is 10.3. The molecule has 1 aromatic rings. The van der Waals surface area contributed by atoms with Gasteiger partial charge in [0, 0.05) is 48.7 Å². The van der Waals surface area contributed by atoms with Gasteiger partial charge in [-0.1, -0.05) is 13.8 Å². The Labute approximate surface area is 177 Å². The molecule has 29 heavy (non-hydrogen) atoms. The Kier molecular flexibility index (Phi) is 7.80. The minimum absolute atomic E-state index is 0.00120. The topological polar surface area (TPSA) is 82.7 Å². The van der Waals surface area contributed by atoms with Crippen LogP contribution >= 0.6 is 11.8 Å². The number of hydrogen-bond donors (Lipinski definition) is 3. The van der Waals surface area contributed by atoms with Gasteiger partial charge in [-0.2, -0.15) is 11.8 Å². The first kappa shape index (κ1) is 21.9. The fraction of sp³-hybridized carbons (Fsp3) is 0.619. The molecule has 3 amide bonds. The average molecular weight is 421 g/mol. The Balaban J connectivity index is 1.49. The Bertz CT molecular complexity index is 684. The van der Waals surface area contributed by atoms with E-state index in [0.29, 0.717) is 24.6 Å². The Morgan fingerprint density at radius 1 is 1.14 bits per heavy atom. The van der Waals surface area contributed by atoms with Crippen molar-refractivity contribution < 1.29 is 14.3 Å². The smallest absolute Gasteiger partial charge is 0.319 e. The summed E-state index contributed by atoms with van der Waals surface area (Å²) in [6.45, 7) is 8.03. The van der Waals surface area contributed by atoms with E-state index in [9.17, 15) is 9.59 Å². The number of anilines is 2. The number of nitrogens with zero attached hydrogens (tertiary/aromatic N) is 1. The van der Waals surface area contributed by atoms with Crippen molar-refractivity contribution in [2.24, 2.45) is 5.92 Å². The highest BCUT2D eigenvalue weighted by Crippen LogP contribution is 2.33. The van der Waals surface area contributed by atoms with E-state index < -0.39 is 0 Å². The van der Waals surface area contributed by atoms with Crippen molar-refractivity contribution in [3.8, 4) is 0 Å². The van der Waals surface area contributed by atoms with Gasteiger partial charge in [-0.15, -0.1) is 0 Å². The summed E-state index contributed by atoms with van der Waals surface area (Å²) < 4.78 is 5.49. The van der Waals surface area contributed by atoms with Gasteiger partial charge in [-0.25, -0.2) is 4.79 Å². The molecule has 2 heterocycles. The van der Waals surface area contributed by atoms with Crippen molar-refractivity contribution in [3.63, 3.8) is 0 Å². The summed E-state index contributed by atoms with van der Waals surface area (Å²) in [5, 5.41) is 8.82. The number of rotatable bonds is 7. The average Bonchev–Trinajstić information content (AvgIpc) is 3.18. The number of carbonyl (C=O) groups excluding carboxylic acids is 2. The summed E-state index contributed by atoms with van der Waals surface area (Å²) in [6, 6.07) is 7.00. The van der Waals surface area contributed by atoms with E-state index in [1.54, 1.807) is 24.3 Å². The molecule has 0 aromatic heterocycles.